The van der Waals surface area contributed by atoms with Gasteiger partial charge in [-0.15, -0.1) is 0 Å². The van der Waals surface area contributed by atoms with E-state index in [-0.39, 0.29) is 0 Å². The average molecular weight is 280 g/mol. The molecule has 0 aliphatic heterocycles. The van der Waals surface area contributed by atoms with Gasteiger partial charge in [0.05, 0.1) is 6.10 Å². The number of benzene rings is 1. The molecule has 2 nitrogen and oxygen atoms in total. The highest BCUT2D eigenvalue weighted by molar-refractivity contribution is 6.30. The molecular formula is C16H22ClNO. The molecule has 0 atom stereocenters. The molecule has 0 heterocycles. The van der Waals surface area contributed by atoms with Crippen molar-refractivity contribution in [1.29, 1.82) is 0 Å². The standard InChI is InChI=1S/C16H22ClNO/c1-2-19-16-9-15(10-16)18-14-7-12(8-14)11-4-3-5-13(17)6-11/h3-6,12,14-16,18H,2,7-10H2,1H3. The van der Waals surface area contributed by atoms with Crippen LogP contribution < -0.4 is 5.32 Å². The van der Waals surface area contributed by atoms with Crippen molar-refractivity contribution in [3.63, 3.8) is 0 Å². The van der Waals surface area contributed by atoms with E-state index in [0.29, 0.717) is 24.1 Å². The van der Waals surface area contributed by atoms with Crippen molar-refractivity contribution in [1.82, 2.24) is 5.32 Å². The lowest BCUT2D eigenvalue weighted by Crippen LogP contribution is -2.52. The molecule has 19 heavy (non-hydrogen) atoms. The zero-order valence-corrected chi connectivity index (χ0v) is 12.2. The quantitative estimate of drug-likeness (QED) is 0.886. The van der Waals surface area contributed by atoms with Gasteiger partial charge in [0, 0.05) is 23.7 Å². The maximum absolute atomic E-state index is 6.04. The second-order valence-corrected chi connectivity index (χ2v) is 6.27. The van der Waals surface area contributed by atoms with Gasteiger partial charge in [-0.2, -0.15) is 0 Å². The fraction of sp³-hybridized carbons (Fsp3) is 0.625. The third-order valence-electron chi connectivity index (χ3n) is 4.43. The summed E-state index contributed by atoms with van der Waals surface area (Å²) in [7, 11) is 0. The predicted molar refractivity (Wildman–Crippen MR) is 78.8 cm³/mol. The third-order valence-corrected chi connectivity index (χ3v) is 4.66. The van der Waals surface area contributed by atoms with Crippen molar-refractivity contribution in [2.45, 2.75) is 56.7 Å². The van der Waals surface area contributed by atoms with E-state index in [9.17, 15) is 0 Å². The van der Waals surface area contributed by atoms with Gasteiger partial charge < -0.3 is 10.1 Å². The molecule has 1 aromatic carbocycles. The van der Waals surface area contributed by atoms with Crippen LogP contribution in [0.3, 0.4) is 0 Å². The molecule has 1 aromatic rings. The van der Waals surface area contributed by atoms with E-state index in [1.807, 2.05) is 6.07 Å². The van der Waals surface area contributed by atoms with Gasteiger partial charge in [0.15, 0.2) is 0 Å². The Hall–Kier alpha value is -0.570. The number of rotatable bonds is 5. The average Bonchev–Trinajstić information content (AvgIpc) is 2.29. The summed E-state index contributed by atoms with van der Waals surface area (Å²) < 4.78 is 5.59. The lowest BCUT2D eigenvalue weighted by atomic mass is 9.74. The fourth-order valence-electron chi connectivity index (χ4n) is 3.19. The Labute approximate surface area is 120 Å². The third kappa shape index (κ3) is 3.13. The maximum atomic E-state index is 6.04. The second kappa shape index (κ2) is 5.82. The first kappa shape index (κ1) is 13.4. The van der Waals surface area contributed by atoms with Crippen LogP contribution in [0.2, 0.25) is 5.02 Å². The van der Waals surface area contributed by atoms with E-state index in [2.05, 4.69) is 30.4 Å². The van der Waals surface area contributed by atoms with Crippen LogP contribution in [0, 0.1) is 0 Å². The van der Waals surface area contributed by atoms with Crippen molar-refractivity contribution in [3.8, 4) is 0 Å². The molecule has 3 heteroatoms. The molecule has 104 valence electrons. The second-order valence-electron chi connectivity index (χ2n) is 5.83. The van der Waals surface area contributed by atoms with E-state index < -0.39 is 0 Å². The van der Waals surface area contributed by atoms with Crippen LogP contribution in [0.25, 0.3) is 0 Å². The van der Waals surface area contributed by atoms with Gasteiger partial charge in [0.2, 0.25) is 0 Å². The van der Waals surface area contributed by atoms with Crippen molar-refractivity contribution < 1.29 is 4.74 Å². The number of nitrogens with one attached hydrogen (secondary N) is 1. The van der Waals surface area contributed by atoms with Gasteiger partial charge in [-0.1, -0.05) is 23.7 Å². The van der Waals surface area contributed by atoms with Crippen LogP contribution >= 0.6 is 11.6 Å². The summed E-state index contributed by atoms with van der Waals surface area (Å²) in [6.45, 7) is 2.92. The molecule has 0 radical (unpaired) electrons. The van der Waals surface area contributed by atoms with Gasteiger partial charge in [0.1, 0.15) is 0 Å². The monoisotopic (exact) mass is 279 g/mol. The van der Waals surface area contributed by atoms with Crippen LogP contribution in [0.4, 0.5) is 0 Å². The smallest absolute Gasteiger partial charge is 0.0604 e. The molecule has 0 saturated heterocycles. The number of halogens is 1. The topological polar surface area (TPSA) is 21.3 Å². The van der Waals surface area contributed by atoms with Crippen LogP contribution in [0.15, 0.2) is 24.3 Å². The number of hydrogen-bond acceptors (Lipinski definition) is 2. The maximum Gasteiger partial charge on any atom is 0.0604 e. The largest absolute Gasteiger partial charge is 0.378 e. The molecule has 1 N–H and O–H groups in total. The van der Waals surface area contributed by atoms with Crippen LogP contribution in [0.1, 0.15) is 44.1 Å². The lowest BCUT2D eigenvalue weighted by Gasteiger charge is -2.43. The highest BCUT2D eigenvalue weighted by Gasteiger charge is 2.36. The van der Waals surface area contributed by atoms with E-state index in [4.69, 9.17) is 16.3 Å². The van der Waals surface area contributed by atoms with E-state index in [1.165, 1.54) is 31.2 Å². The summed E-state index contributed by atoms with van der Waals surface area (Å²) >= 11 is 6.04. The molecule has 0 spiro atoms. The molecule has 2 aliphatic rings. The fourth-order valence-corrected chi connectivity index (χ4v) is 3.39. The van der Waals surface area contributed by atoms with Gasteiger partial charge in [0.25, 0.3) is 0 Å². The van der Waals surface area contributed by atoms with Gasteiger partial charge in [-0.05, 0) is 56.2 Å². The minimum atomic E-state index is 0.506. The normalized spacial score (nSPS) is 33.6. The van der Waals surface area contributed by atoms with Crippen molar-refractivity contribution in [2.24, 2.45) is 0 Å². The number of ether oxygens (including phenoxy) is 1. The van der Waals surface area contributed by atoms with Crippen molar-refractivity contribution >= 4 is 11.6 Å². The molecule has 0 aromatic heterocycles. The summed E-state index contributed by atoms with van der Waals surface area (Å²) in [6, 6.07) is 9.68. The Morgan fingerprint density at radius 3 is 2.63 bits per heavy atom. The van der Waals surface area contributed by atoms with Crippen LogP contribution in [-0.4, -0.2) is 24.8 Å². The summed E-state index contributed by atoms with van der Waals surface area (Å²) in [5.41, 5.74) is 1.39. The zero-order chi connectivity index (χ0) is 13.2. The summed E-state index contributed by atoms with van der Waals surface area (Å²) in [6.07, 6.45) is 5.37. The first-order valence-corrected chi connectivity index (χ1v) is 7.75. The Bertz CT molecular complexity index is 425. The first-order valence-electron chi connectivity index (χ1n) is 7.37. The van der Waals surface area contributed by atoms with Crippen LogP contribution in [-0.2, 0) is 4.74 Å². The Kier molecular flexibility index (Phi) is 4.11. The minimum absolute atomic E-state index is 0.506. The lowest BCUT2D eigenvalue weighted by molar-refractivity contribution is -0.0154. The van der Waals surface area contributed by atoms with Crippen LogP contribution in [0.5, 0.6) is 0 Å². The Morgan fingerprint density at radius 2 is 1.95 bits per heavy atom. The van der Waals surface area contributed by atoms with Crippen molar-refractivity contribution in [3.05, 3.63) is 34.9 Å². The SMILES string of the molecule is CCOC1CC(NC2CC(c3cccc(Cl)c3)C2)C1. The molecule has 2 aliphatic carbocycles. The molecule has 2 saturated carbocycles. The minimum Gasteiger partial charge on any atom is -0.378 e. The molecule has 0 unspecified atom stereocenters. The first-order chi connectivity index (χ1) is 9.24. The van der Waals surface area contributed by atoms with Gasteiger partial charge in [-0.25, -0.2) is 0 Å². The molecular weight excluding hydrogens is 258 g/mol. The van der Waals surface area contributed by atoms with Gasteiger partial charge in [-0.3, -0.25) is 0 Å². The highest BCUT2D eigenvalue weighted by atomic mass is 35.5. The molecule has 0 bridgehead atoms. The van der Waals surface area contributed by atoms with E-state index in [0.717, 1.165) is 11.6 Å². The highest BCUT2D eigenvalue weighted by Crippen LogP contribution is 2.39. The molecule has 2 fully saturated rings. The summed E-state index contributed by atoms with van der Waals surface area (Å²) in [5, 5.41) is 4.60. The Morgan fingerprint density at radius 1 is 1.21 bits per heavy atom. The van der Waals surface area contributed by atoms with E-state index >= 15 is 0 Å². The number of hydrogen-bond donors (Lipinski definition) is 1. The predicted octanol–water partition coefficient (Wildman–Crippen LogP) is 3.74. The summed E-state index contributed by atoms with van der Waals surface area (Å²) in [4.78, 5) is 0. The molecule has 3 rings (SSSR count). The van der Waals surface area contributed by atoms with Crippen molar-refractivity contribution in [2.75, 3.05) is 6.61 Å². The van der Waals surface area contributed by atoms with Gasteiger partial charge >= 0.3 is 0 Å². The molecule has 0 amide bonds. The van der Waals surface area contributed by atoms with E-state index in [1.54, 1.807) is 0 Å². The Balaban J connectivity index is 1.39. The zero-order valence-electron chi connectivity index (χ0n) is 11.4. The summed E-state index contributed by atoms with van der Waals surface area (Å²) in [5.74, 6) is 0.693.